The fourth-order valence-electron chi connectivity index (χ4n) is 1.58. The molecule has 0 heterocycles. The van der Waals surface area contributed by atoms with Crippen molar-refractivity contribution in [2.24, 2.45) is 4.99 Å². The van der Waals surface area contributed by atoms with Crippen LogP contribution in [-0.4, -0.2) is 17.4 Å². The second-order valence-electron chi connectivity index (χ2n) is 4.08. The van der Waals surface area contributed by atoms with Crippen molar-refractivity contribution >= 4 is 52.0 Å². The molecule has 2 rings (SSSR count). The summed E-state index contributed by atoms with van der Waals surface area (Å²) in [6.45, 7) is 1.44. The number of amides is 1. The van der Waals surface area contributed by atoms with E-state index >= 15 is 0 Å². The van der Waals surface area contributed by atoms with Crippen LogP contribution in [0.25, 0.3) is 0 Å². The van der Waals surface area contributed by atoms with Gasteiger partial charge in [0, 0.05) is 12.6 Å². The van der Waals surface area contributed by atoms with Crippen LogP contribution in [0.3, 0.4) is 0 Å². The normalized spacial score (nSPS) is 14.6. The number of hydrogen-bond donors (Lipinski definition) is 1. The summed E-state index contributed by atoms with van der Waals surface area (Å²) in [5, 5.41) is 2.72. The van der Waals surface area contributed by atoms with E-state index in [0.29, 0.717) is 17.1 Å². The van der Waals surface area contributed by atoms with Gasteiger partial charge in [0.25, 0.3) is 0 Å². The van der Waals surface area contributed by atoms with Gasteiger partial charge in [0.2, 0.25) is 11.7 Å². The van der Waals surface area contributed by atoms with Gasteiger partial charge in [-0.05, 0) is 36.4 Å². The van der Waals surface area contributed by atoms with Crippen molar-refractivity contribution in [3.05, 3.63) is 46.5 Å². The van der Waals surface area contributed by atoms with E-state index in [1.807, 2.05) is 0 Å². The third-order valence-electron chi connectivity index (χ3n) is 2.43. The first kappa shape index (κ1) is 14.5. The van der Waals surface area contributed by atoms with E-state index in [-0.39, 0.29) is 16.0 Å². The van der Waals surface area contributed by atoms with Gasteiger partial charge in [-0.1, -0.05) is 23.2 Å². The largest absolute Gasteiger partial charge is 0.326 e. The third-order valence-corrected chi connectivity index (χ3v) is 2.99. The van der Waals surface area contributed by atoms with Crippen LogP contribution in [-0.2, 0) is 9.59 Å². The Morgan fingerprint density at radius 1 is 1.10 bits per heavy atom. The van der Waals surface area contributed by atoms with Crippen molar-refractivity contribution in [3.8, 4) is 0 Å². The van der Waals surface area contributed by atoms with Gasteiger partial charge in [-0.2, -0.15) is 0 Å². The molecular weight excluding hydrogens is 299 g/mol. The average Bonchev–Trinajstić information content (AvgIpc) is 2.37. The first-order valence-electron chi connectivity index (χ1n) is 5.71. The van der Waals surface area contributed by atoms with Crippen LogP contribution < -0.4 is 5.32 Å². The van der Waals surface area contributed by atoms with E-state index in [9.17, 15) is 9.59 Å². The molecule has 0 unspecified atom stereocenters. The number of halogens is 2. The lowest BCUT2D eigenvalue weighted by Crippen LogP contribution is -2.07. The summed E-state index contributed by atoms with van der Waals surface area (Å²) in [4.78, 5) is 26.6. The number of nitrogens with one attached hydrogen (secondary N) is 1. The molecule has 0 atom stereocenters. The van der Waals surface area contributed by atoms with E-state index in [4.69, 9.17) is 23.2 Å². The van der Waals surface area contributed by atoms with Crippen LogP contribution >= 0.6 is 23.2 Å². The summed E-state index contributed by atoms with van der Waals surface area (Å²) >= 11 is 11.5. The molecule has 1 aromatic rings. The fraction of sp³-hybridized carbons (Fsp3) is 0.0714. The first-order valence-corrected chi connectivity index (χ1v) is 6.47. The number of ketones is 1. The van der Waals surface area contributed by atoms with Gasteiger partial charge in [-0.3, -0.25) is 9.59 Å². The van der Waals surface area contributed by atoms with Crippen LogP contribution in [0.2, 0.25) is 0 Å². The number of carbonyl (C=O) groups excluding carboxylic acids is 2. The average molecular weight is 309 g/mol. The number of anilines is 1. The molecule has 1 aliphatic carbocycles. The molecule has 6 heteroatoms. The fourth-order valence-corrected chi connectivity index (χ4v) is 2.06. The second-order valence-corrected chi connectivity index (χ2v) is 4.89. The minimum absolute atomic E-state index is 0.0334. The summed E-state index contributed by atoms with van der Waals surface area (Å²) in [6, 6.07) is 6.92. The molecule has 0 saturated heterocycles. The van der Waals surface area contributed by atoms with Gasteiger partial charge >= 0.3 is 0 Å². The lowest BCUT2D eigenvalue weighted by molar-refractivity contribution is -0.114. The predicted octanol–water partition coefficient (Wildman–Crippen LogP) is 3.55. The summed E-state index contributed by atoms with van der Waals surface area (Å²) in [5.41, 5.74) is 1.83. The molecule has 1 N–H and O–H groups in total. The van der Waals surface area contributed by atoms with Crippen molar-refractivity contribution in [2.75, 3.05) is 5.32 Å². The second kappa shape index (κ2) is 6.03. The Balaban J connectivity index is 2.23. The maximum atomic E-state index is 11.4. The number of benzene rings is 1. The number of allylic oxidation sites excluding steroid dienone is 4. The molecule has 4 nitrogen and oxygen atoms in total. The zero-order valence-electron chi connectivity index (χ0n) is 10.5. The number of hydrogen-bond acceptors (Lipinski definition) is 3. The van der Waals surface area contributed by atoms with Crippen molar-refractivity contribution in [2.45, 2.75) is 6.92 Å². The van der Waals surface area contributed by atoms with Crippen molar-refractivity contribution in [1.82, 2.24) is 0 Å². The minimum Gasteiger partial charge on any atom is -0.326 e. The van der Waals surface area contributed by atoms with Gasteiger partial charge in [0.05, 0.1) is 21.5 Å². The highest BCUT2D eigenvalue weighted by Gasteiger charge is 2.17. The third kappa shape index (κ3) is 3.56. The maximum Gasteiger partial charge on any atom is 0.221 e. The molecule has 0 bridgehead atoms. The summed E-state index contributed by atoms with van der Waals surface area (Å²) in [5.74, 6) is -0.549. The van der Waals surface area contributed by atoms with Crippen LogP contribution in [0, 0.1) is 0 Å². The SMILES string of the molecule is CC(=O)Nc1ccc(N=C2C=C(Cl)C(=O)C(Cl)=C2)cc1. The summed E-state index contributed by atoms with van der Waals surface area (Å²) in [6.07, 6.45) is 2.91. The molecule has 20 heavy (non-hydrogen) atoms. The van der Waals surface area contributed by atoms with Gasteiger partial charge in [-0.25, -0.2) is 4.99 Å². The molecule has 0 aromatic heterocycles. The number of rotatable bonds is 2. The standard InChI is InChI=1S/C14H10Cl2N2O2/c1-8(19)17-9-2-4-10(5-3-9)18-11-6-12(15)14(20)13(16)7-11/h2-7H,1H3,(H,17,19). The zero-order valence-corrected chi connectivity index (χ0v) is 12.0. The number of aliphatic imine (C=N–C) groups is 1. The Kier molecular flexibility index (Phi) is 4.37. The van der Waals surface area contributed by atoms with Gasteiger partial charge in [0.1, 0.15) is 0 Å². The highest BCUT2D eigenvalue weighted by Crippen LogP contribution is 2.22. The van der Waals surface area contributed by atoms with Crippen molar-refractivity contribution < 1.29 is 9.59 Å². The lowest BCUT2D eigenvalue weighted by Gasteiger charge is -2.06. The molecule has 1 aliphatic rings. The molecule has 0 radical (unpaired) electrons. The topological polar surface area (TPSA) is 58.5 Å². The Bertz CT molecular complexity index is 634. The van der Waals surface area contributed by atoms with E-state index in [1.165, 1.54) is 19.1 Å². The smallest absolute Gasteiger partial charge is 0.221 e. The Labute approximate surface area is 125 Å². The number of carbonyl (C=O) groups is 2. The molecular formula is C14H10Cl2N2O2. The number of Topliss-reactive ketones (excluding diaryl/α,β-unsaturated/α-hetero) is 1. The Hall–Kier alpha value is -1.91. The Morgan fingerprint density at radius 3 is 2.15 bits per heavy atom. The van der Waals surface area contributed by atoms with Crippen LogP contribution in [0.1, 0.15) is 6.92 Å². The van der Waals surface area contributed by atoms with E-state index < -0.39 is 5.78 Å². The van der Waals surface area contributed by atoms with E-state index in [2.05, 4.69) is 10.3 Å². The molecule has 0 aliphatic heterocycles. The van der Waals surface area contributed by atoms with Crippen LogP contribution in [0.4, 0.5) is 11.4 Å². The van der Waals surface area contributed by atoms with Gasteiger partial charge in [0.15, 0.2) is 0 Å². The minimum atomic E-state index is -0.409. The van der Waals surface area contributed by atoms with Crippen LogP contribution in [0.15, 0.2) is 51.5 Å². The zero-order chi connectivity index (χ0) is 14.7. The maximum absolute atomic E-state index is 11.4. The van der Waals surface area contributed by atoms with E-state index in [0.717, 1.165) is 0 Å². The van der Waals surface area contributed by atoms with Crippen LogP contribution in [0.5, 0.6) is 0 Å². The molecule has 1 amide bonds. The molecule has 1 aromatic carbocycles. The van der Waals surface area contributed by atoms with Gasteiger partial charge in [-0.15, -0.1) is 0 Å². The predicted molar refractivity (Wildman–Crippen MR) is 80.7 cm³/mol. The van der Waals surface area contributed by atoms with Gasteiger partial charge < -0.3 is 5.32 Å². The molecule has 0 fully saturated rings. The summed E-state index contributed by atoms with van der Waals surface area (Å²) < 4.78 is 0. The molecule has 102 valence electrons. The number of nitrogens with zero attached hydrogens (tertiary/aromatic N) is 1. The molecule has 0 spiro atoms. The highest BCUT2D eigenvalue weighted by atomic mass is 35.5. The van der Waals surface area contributed by atoms with Crippen molar-refractivity contribution in [1.29, 1.82) is 0 Å². The first-order chi connectivity index (χ1) is 9.45. The summed E-state index contributed by atoms with van der Waals surface area (Å²) in [7, 11) is 0. The van der Waals surface area contributed by atoms with Crippen molar-refractivity contribution in [3.63, 3.8) is 0 Å². The quantitative estimate of drug-likeness (QED) is 0.849. The monoisotopic (exact) mass is 308 g/mol. The molecule has 0 saturated carbocycles. The lowest BCUT2D eigenvalue weighted by atomic mass is 10.1. The Morgan fingerprint density at radius 2 is 1.65 bits per heavy atom. The highest BCUT2D eigenvalue weighted by molar-refractivity contribution is 6.57. The van der Waals surface area contributed by atoms with E-state index in [1.54, 1.807) is 24.3 Å².